The van der Waals surface area contributed by atoms with Crippen LogP contribution in [0.15, 0.2) is 29.2 Å². The maximum Gasteiger partial charge on any atom is 0.304 e. The second-order valence-electron chi connectivity index (χ2n) is 2.84. The Labute approximate surface area is 87.3 Å². The predicted octanol–water partition coefficient (Wildman–Crippen LogP) is 1.71. The number of carbonyl (C=O) groups is 1. The van der Waals surface area contributed by atoms with Gasteiger partial charge in [0.1, 0.15) is 0 Å². The van der Waals surface area contributed by atoms with Crippen LogP contribution in [0.2, 0.25) is 0 Å². The molecule has 0 aliphatic heterocycles. The van der Waals surface area contributed by atoms with Crippen molar-refractivity contribution in [3.8, 4) is 0 Å². The van der Waals surface area contributed by atoms with Crippen molar-refractivity contribution in [3.05, 3.63) is 29.8 Å². The lowest BCUT2D eigenvalue weighted by Gasteiger charge is -2.01. The number of carboxylic acid groups (broad SMARTS) is 1. The van der Waals surface area contributed by atoms with Crippen molar-refractivity contribution in [1.82, 2.24) is 0 Å². The number of aliphatic carboxylic acids is 1. The van der Waals surface area contributed by atoms with Crippen LogP contribution < -0.4 is 5.73 Å². The zero-order valence-electron chi connectivity index (χ0n) is 7.77. The Morgan fingerprint density at radius 3 is 2.93 bits per heavy atom. The summed E-state index contributed by atoms with van der Waals surface area (Å²) in [5, 5.41) is 8.46. The molecule has 4 heteroatoms. The first-order chi connectivity index (χ1) is 6.72. The summed E-state index contributed by atoms with van der Waals surface area (Å²) in [5.74, 6) is -0.156. The number of benzene rings is 1. The summed E-state index contributed by atoms with van der Waals surface area (Å²) < 4.78 is 0. The van der Waals surface area contributed by atoms with Crippen molar-refractivity contribution in [2.24, 2.45) is 5.73 Å². The molecule has 0 amide bonds. The first kappa shape index (κ1) is 11.1. The molecular formula is C10H13NO2S. The third kappa shape index (κ3) is 3.81. The van der Waals surface area contributed by atoms with Gasteiger partial charge in [-0.15, -0.1) is 11.8 Å². The van der Waals surface area contributed by atoms with E-state index in [2.05, 4.69) is 0 Å². The molecule has 0 aromatic heterocycles. The van der Waals surface area contributed by atoms with Crippen molar-refractivity contribution in [1.29, 1.82) is 0 Å². The zero-order valence-corrected chi connectivity index (χ0v) is 8.59. The second-order valence-corrected chi connectivity index (χ2v) is 4.01. The van der Waals surface area contributed by atoms with Gasteiger partial charge in [-0.05, 0) is 17.7 Å². The number of rotatable bonds is 5. The van der Waals surface area contributed by atoms with Gasteiger partial charge in [0.15, 0.2) is 0 Å². The molecule has 0 fully saturated rings. The zero-order chi connectivity index (χ0) is 10.4. The van der Waals surface area contributed by atoms with Crippen molar-refractivity contribution in [3.63, 3.8) is 0 Å². The fourth-order valence-corrected chi connectivity index (χ4v) is 1.94. The van der Waals surface area contributed by atoms with Crippen LogP contribution in [0.1, 0.15) is 12.0 Å². The summed E-state index contributed by atoms with van der Waals surface area (Å²) in [4.78, 5) is 11.4. The van der Waals surface area contributed by atoms with Gasteiger partial charge in [0.05, 0.1) is 6.42 Å². The van der Waals surface area contributed by atoms with Crippen LogP contribution in [0, 0.1) is 0 Å². The molecular weight excluding hydrogens is 198 g/mol. The molecule has 14 heavy (non-hydrogen) atoms. The summed E-state index contributed by atoms with van der Waals surface area (Å²) >= 11 is 1.54. The molecule has 0 saturated heterocycles. The van der Waals surface area contributed by atoms with E-state index < -0.39 is 5.97 Å². The number of nitrogens with two attached hydrogens (primary N) is 1. The Bertz CT molecular complexity index is 315. The molecule has 76 valence electrons. The van der Waals surface area contributed by atoms with E-state index >= 15 is 0 Å². The van der Waals surface area contributed by atoms with E-state index in [1.54, 1.807) is 11.8 Å². The molecule has 3 nitrogen and oxygen atoms in total. The van der Waals surface area contributed by atoms with E-state index in [0.717, 1.165) is 10.5 Å². The monoisotopic (exact) mass is 211 g/mol. The Morgan fingerprint density at radius 2 is 2.29 bits per heavy atom. The Balaban J connectivity index is 2.46. The minimum absolute atomic E-state index is 0.192. The molecule has 0 aliphatic carbocycles. The maximum absolute atomic E-state index is 10.3. The summed E-state index contributed by atoms with van der Waals surface area (Å²) in [6.45, 7) is 0.521. The van der Waals surface area contributed by atoms with Gasteiger partial charge in [-0.25, -0.2) is 0 Å². The molecule has 0 radical (unpaired) electrons. The second kappa shape index (κ2) is 5.67. The average molecular weight is 211 g/mol. The van der Waals surface area contributed by atoms with Gasteiger partial charge in [0.2, 0.25) is 0 Å². The van der Waals surface area contributed by atoms with Crippen molar-refractivity contribution in [2.75, 3.05) is 5.75 Å². The lowest BCUT2D eigenvalue weighted by molar-refractivity contribution is -0.136. The minimum Gasteiger partial charge on any atom is -0.481 e. The smallest absolute Gasteiger partial charge is 0.304 e. The quantitative estimate of drug-likeness (QED) is 0.728. The number of thioether (sulfide) groups is 1. The normalized spacial score (nSPS) is 10.1. The summed E-state index contributed by atoms with van der Waals surface area (Å²) in [6, 6.07) is 7.85. The SMILES string of the molecule is NCc1cccc(SCCC(=O)O)c1. The number of hydrogen-bond donors (Lipinski definition) is 2. The van der Waals surface area contributed by atoms with Crippen LogP contribution >= 0.6 is 11.8 Å². The van der Waals surface area contributed by atoms with Gasteiger partial charge >= 0.3 is 5.97 Å². The number of carboxylic acids is 1. The molecule has 0 heterocycles. The van der Waals surface area contributed by atoms with E-state index in [9.17, 15) is 4.79 Å². The van der Waals surface area contributed by atoms with E-state index in [0.29, 0.717) is 12.3 Å². The third-order valence-corrected chi connectivity index (χ3v) is 2.71. The fourth-order valence-electron chi connectivity index (χ4n) is 1.02. The van der Waals surface area contributed by atoms with E-state index in [-0.39, 0.29) is 6.42 Å². The first-order valence-electron chi connectivity index (χ1n) is 4.36. The highest BCUT2D eigenvalue weighted by molar-refractivity contribution is 7.99. The summed E-state index contributed by atoms with van der Waals surface area (Å²) in [7, 11) is 0. The number of hydrogen-bond acceptors (Lipinski definition) is 3. The van der Waals surface area contributed by atoms with Gasteiger partial charge in [-0.3, -0.25) is 4.79 Å². The van der Waals surface area contributed by atoms with Gasteiger partial charge in [-0.1, -0.05) is 12.1 Å². The third-order valence-electron chi connectivity index (χ3n) is 1.72. The van der Waals surface area contributed by atoms with Crippen LogP contribution in [0.4, 0.5) is 0 Å². The molecule has 0 unspecified atom stereocenters. The highest BCUT2D eigenvalue weighted by Crippen LogP contribution is 2.19. The van der Waals surface area contributed by atoms with Crippen LogP contribution in [0.5, 0.6) is 0 Å². The van der Waals surface area contributed by atoms with Gasteiger partial charge in [-0.2, -0.15) is 0 Å². The Kier molecular flexibility index (Phi) is 4.49. The van der Waals surface area contributed by atoms with Crippen LogP contribution in [-0.2, 0) is 11.3 Å². The molecule has 1 aromatic rings. The molecule has 0 spiro atoms. The van der Waals surface area contributed by atoms with E-state index in [1.165, 1.54) is 0 Å². The highest BCUT2D eigenvalue weighted by Gasteiger charge is 1.99. The van der Waals surface area contributed by atoms with Gasteiger partial charge in [0, 0.05) is 17.2 Å². The molecule has 1 rings (SSSR count). The highest BCUT2D eigenvalue weighted by atomic mass is 32.2. The molecule has 0 bridgehead atoms. The average Bonchev–Trinajstić information content (AvgIpc) is 2.18. The summed E-state index contributed by atoms with van der Waals surface area (Å²) in [6.07, 6.45) is 0.192. The molecule has 3 N–H and O–H groups in total. The Morgan fingerprint density at radius 1 is 1.50 bits per heavy atom. The largest absolute Gasteiger partial charge is 0.481 e. The first-order valence-corrected chi connectivity index (χ1v) is 5.34. The van der Waals surface area contributed by atoms with Crippen molar-refractivity contribution in [2.45, 2.75) is 17.9 Å². The maximum atomic E-state index is 10.3. The predicted molar refractivity (Wildman–Crippen MR) is 57.3 cm³/mol. The van der Waals surface area contributed by atoms with Gasteiger partial charge < -0.3 is 10.8 Å². The topological polar surface area (TPSA) is 63.3 Å². The van der Waals surface area contributed by atoms with Crippen LogP contribution in [-0.4, -0.2) is 16.8 Å². The van der Waals surface area contributed by atoms with Gasteiger partial charge in [0.25, 0.3) is 0 Å². The molecule has 1 aromatic carbocycles. The molecule has 0 atom stereocenters. The van der Waals surface area contributed by atoms with Crippen molar-refractivity contribution >= 4 is 17.7 Å². The fraction of sp³-hybridized carbons (Fsp3) is 0.300. The lowest BCUT2D eigenvalue weighted by atomic mass is 10.2. The van der Waals surface area contributed by atoms with Crippen LogP contribution in [0.25, 0.3) is 0 Å². The van der Waals surface area contributed by atoms with E-state index in [4.69, 9.17) is 10.8 Å². The van der Waals surface area contributed by atoms with E-state index in [1.807, 2.05) is 24.3 Å². The Hall–Kier alpha value is -1.00. The summed E-state index contributed by atoms with van der Waals surface area (Å²) in [5.41, 5.74) is 6.57. The standard InChI is InChI=1S/C10H13NO2S/c11-7-8-2-1-3-9(6-8)14-5-4-10(12)13/h1-3,6H,4-5,7,11H2,(H,12,13). The van der Waals surface area contributed by atoms with Crippen LogP contribution in [0.3, 0.4) is 0 Å². The molecule has 0 saturated carbocycles. The minimum atomic E-state index is -0.757. The molecule has 0 aliphatic rings. The lowest BCUT2D eigenvalue weighted by Crippen LogP contribution is -1.97. The van der Waals surface area contributed by atoms with Crippen molar-refractivity contribution < 1.29 is 9.90 Å².